The van der Waals surface area contributed by atoms with Gasteiger partial charge in [-0.25, -0.2) is 0 Å². The second-order valence-electron chi connectivity index (χ2n) is 8.45. The summed E-state index contributed by atoms with van der Waals surface area (Å²) in [7, 11) is 0. The Morgan fingerprint density at radius 3 is 2.12 bits per heavy atom. The fraction of sp³-hybridized carbons (Fsp3) is 0.321. The molecule has 1 amide bonds. The van der Waals surface area contributed by atoms with Crippen LogP contribution in [0.25, 0.3) is 11.1 Å². The minimum absolute atomic E-state index is 0.0128. The van der Waals surface area contributed by atoms with Crippen LogP contribution in [0.4, 0.5) is 0 Å². The van der Waals surface area contributed by atoms with Crippen LogP contribution in [0, 0.1) is 0 Å². The van der Waals surface area contributed by atoms with Crippen molar-refractivity contribution >= 4 is 5.91 Å². The Morgan fingerprint density at radius 1 is 0.906 bits per heavy atom. The van der Waals surface area contributed by atoms with E-state index in [4.69, 9.17) is 4.74 Å². The molecule has 1 aliphatic rings. The van der Waals surface area contributed by atoms with Gasteiger partial charge in [0.05, 0.1) is 0 Å². The van der Waals surface area contributed by atoms with E-state index >= 15 is 0 Å². The first-order chi connectivity index (χ1) is 15.7. The molecule has 0 spiro atoms. The molecular formula is C28H32N2O2. The number of nitrogens with zero attached hydrogens (tertiary/aromatic N) is 1. The summed E-state index contributed by atoms with van der Waals surface area (Å²) in [5.74, 6) is 0.713. The summed E-state index contributed by atoms with van der Waals surface area (Å²) in [5.41, 5.74) is 3.65. The van der Waals surface area contributed by atoms with Crippen LogP contribution in [0.3, 0.4) is 0 Å². The van der Waals surface area contributed by atoms with Gasteiger partial charge in [0.15, 0.2) is 6.10 Å². The first kappa shape index (κ1) is 22.1. The number of piperidine rings is 1. The zero-order valence-electron chi connectivity index (χ0n) is 18.7. The SMILES string of the molecule is CCC(Oc1ccc(-c2ccccc2)cc1)C(=O)NC1CCN(Cc2ccccc2)CC1. The van der Waals surface area contributed by atoms with Crippen molar-refractivity contribution < 1.29 is 9.53 Å². The summed E-state index contributed by atoms with van der Waals surface area (Å²) < 4.78 is 6.04. The van der Waals surface area contributed by atoms with Crippen LogP contribution >= 0.6 is 0 Å². The van der Waals surface area contributed by atoms with Crippen LogP contribution in [0.1, 0.15) is 31.7 Å². The summed E-state index contributed by atoms with van der Waals surface area (Å²) in [4.78, 5) is 15.3. The highest BCUT2D eigenvalue weighted by Crippen LogP contribution is 2.23. The van der Waals surface area contributed by atoms with E-state index in [0.717, 1.165) is 43.8 Å². The first-order valence-corrected chi connectivity index (χ1v) is 11.6. The second kappa shape index (κ2) is 11.0. The molecule has 1 unspecified atom stereocenters. The van der Waals surface area contributed by atoms with E-state index in [1.54, 1.807) is 0 Å². The molecule has 0 bridgehead atoms. The van der Waals surface area contributed by atoms with Crippen molar-refractivity contribution in [1.29, 1.82) is 0 Å². The molecule has 3 aromatic rings. The fourth-order valence-electron chi connectivity index (χ4n) is 4.21. The number of benzene rings is 3. The zero-order valence-corrected chi connectivity index (χ0v) is 18.7. The lowest BCUT2D eigenvalue weighted by Gasteiger charge is -2.33. The quantitative estimate of drug-likeness (QED) is 0.530. The number of carbonyl (C=O) groups excluding carboxylic acids is 1. The van der Waals surface area contributed by atoms with Crippen molar-refractivity contribution in [2.24, 2.45) is 0 Å². The van der Waals surface area contributed by atoms with Gasteiger partial charge in [0, 0.05) is 25.7 Å². The van der Waals surface area contributed by atoms with E-state index in [9.17, 15) is 4.79 Å². The van der Waals surface area contributed by atoms with Crippen LogP contribution in [0.15, 0.2) is 84.9 Å². The van der Waals surface area contributed by atoms with E-state index < -0.39 is 6.10 Å². The molecule has 0 saturated carbocycles. The zero-order chi connectivity index (χ0) is 22.2. The number of hydrogen-bond donors (Lipinski definition) is 1. The summed E-state index contributed by atoms with van der Waals surface area (Å²) in [6.45, 7) is 4.96. The number of amides is 1. The minimum Gasteiger partial charge on any atom is -0.481 e. The highest BCUT2D eigenvalue weighted by molar-refractivity contribution is 5.81. The van der Waals surface area contributed by atoms with Gasteiger partial charge in [-0.2, -0.15) is 0 Å². The molecule has 1 aliphatic heterocycles. The molecule has 4 rings (SSSR count). The van der Waals surface area contributed by atoms with Crippen molar-refractivity contribution in [2.45, 2.75) is 44.9 Å². The number of ether oxygens (including phenoxy) is 1. The molecule has 4 nitrogen and oxygen atoms in total. The maximum Gasteiger partial charge on any atom is 0.261 e. The van der Waals surface area contributed by atoms with Crippen molar-refractivity contribution in [1.82, 2.24) is 10.2 Å². The van der Waals surface area contributed by atoms with Gasteiger partial charge >= 0.3 is 0 Å². The standard InChI is InChI=1S/C28H32N2O2/c1-2-27(32-26-15-13-24(14-16-26)23-11-7-4-8-12-23)28(31)29-25-17-19-30(20-18-25)21-22-9-5-3-6-10-22/h3-16,25,27H,2,17-21H2,1H3,(H,29,31). The van der Waals surface area contributed by atoms with Crippen LogP contribution in [-0.2, 0) is 11.3 Å². The Kier molecular flexibility index (Phi) is 7.57. The maximum atomic E-state index is 12.9. The highest BCUT2D eigenvalue weighted by Gasteiger charge is 2.25. The van der Waals surface area contributed by atoms with Crippen LogP contribution in [0.5, 0.6) is 5.75 Å². The molecule has 1 atom stereocenters. The molecule has 1 N–H and O–H groups in total. The average molecular weight is 429 g/mol. The number of carbonyl (C=O) groups is 1. The topological polar surface area (TPSA) is 41.6 Å². The van der Waals surface area contributed by atoms with E-state index in [2.05, 4.69) is 52.7 Å². The minimum atomic E-state index is -0.472. The first-order valence-electron chi connectivity index (χ1n) is 11.6. The Bertz CT molecular complexity index is 965. The normalized spacial score (nSPS) is 15.8. The van der Waals surface area contributed by atoms with Gasteiger partial charge in [0.2, 0.25) is 0 Å². The molecule has 0 aliphatic carbocycles. The van der Waals surface area contributed by atoms with Crippen LogP contribution < -0.4 is 10.1 Å². The summed E-state index contributed by atoms with van der Waals surface area (Å²) in [6, 6.07) is 29.0. The molecular weight excluding hydrogens is 396 g/mol. The fourth-order valence-corrected chi connectivity index (χ4v) is 4.21. The Hall–Kier alpha value is -3.11. The van der Waals surface area contributed by atoms with Crippen molar-refractivity contribution in [2.75, 3.05) is 13.1 Å². The third kappa shape index (κ3) is 5.98. The molecule has 4 heteroatoms. The van der Waals surface area contributed by atoms with Gasteiger partial charge in [-0.1, -0.05) is 79.7 Å². The van der Waals surface area contributed by atoms with Crippen LogP contribution in [0.2, 0.25) is 0 Å². The van der Waals surface area contributed by atoms with Crippen molar-refractivity contribution in [3.63, 3.8) is 0 Å². The smallest absolute Gasteiger partial charge is 0.261 e. The third-order valence-electron chi connectivity index (χ3n) is 6.09. The van der Waals surface area contributed by atoms with E-state index in [1.807, 2.05) is 49.4 Å². The lowest BCUT2D eigenvalue weighted by Crippen LogP contribution is -2.48. The lowest BCUT2D eigenvalue weighted by atomic mass is 10.0. The third-order valence-corrected chi connectivity index (χ3v) is 6.09. The van der Waals surface area contributed by atoms with Crippen molar-refractivity contribution in [3.8, 4) is 16.9 Å². The monoisotopic (exact) mass is 428 g/mol. The van der Waals surface area contributed by atoms with Gasteiger partial charge in [0.25, 0.3) is 5.91 Å². The number of rotatable bonds is 8. The predicted molar refractivity (Wildman–Crippen MR) is 129 cm³/mol. The summed E-state index contributed by atoms with van der Waals surface area (Å²) >= 11 is 0. The van der Waals surface area contributed by atoms with Gasteiger partial charge in [-0.3, -0.25) is 9.69 Å². The van der Waals surface area contributed by atoms with E-state index in [0.29, 0.717) is 6.42 Å². The molecule has 1 saturated heterocycles. The Labute approximate surface area is 191 Å². The Balaban J connectivity index is 1.26. The number of likely N-dealkylation sites (tertiary alicyclic amines) is 1. The molecule has 3 aromatic carbocycles. The van der Waals surface area contributed by atoms with E-state index in [1.165, 1.54) is 11.1 Å². The predicted octanol–water partition coefficient (Wildman–Crippen LogP) is 5.29. The van der Waals surface area contributed by atoms with Gasteiger partial charge in [0.1, 0.15) is 5.75 Å². The summed E-state index contributed by atoms with van der Waals surface area (Å²) in [5, 5.41) is 3.22. The molecule has 166 valence electrons. The lowest BCUT2D eigenvalue weighted by molar-refractivity contribution is -0.129. The van der Waals surface area contributed by atoms with E-state index in [-0.39, 0.29) is 11.9 Å². The maximum absolute atomic E-state index is 12.9. The molecule has 0 aromatic heterocycles. The number of nitrogens with one attached hydrogen (secondary N) is 1. The highest BCUT2D eigenvalue weighted by atomic mass is 16.5. The second-order valence-corrected chi connectivity index (χ2v) is 8.45. The van der Waals surface area contributed by atoms with Crippen LogP contribution in [-0.4, -0.2) is 36.0 Å². The molecule has 1 fully saturated rings. The van der Waals surface area contributed by atoms with Gasteiger partial charge < -0.3 is 10.1 Å². The van der Waals surface area contributed by atoms with Crippen molar-refractivity contribution in [3.05, 3.63) is 90.5 Å². The molecule has 32 heavy (non-hydrogen) atoms. The summed E-state index contributed by atoms with van der Waals surface area (Å²) in [6.07, 6.45) is 2.11. The van der Waals surface area contributed by atoms with Gasteiger partial charge in [-0.15, -0.1) is 0 Å². The molecule has 1 heterocycles. The average Bonchev–Trinajstić information content (AvgIpc) is 2.85. The van der Waals surface area contributed by atoms with Gasteiger partial charge in [-0.05, 0) is 48.1 Å². The largest absolute Gasteiger partial charge is 0.481 e. The molecule has 0 radical (unpaired) electrons. The number of hydrogen-bond acceptors (Lipinski definition) is 3. The Morgan fingerprint density at radius 2 is 1.50 bits per heavy atom.